The number of carbonyl (C=O) groups excluding carboxylic acids is 2. The lowest BCUT2D eigenvalue weighted by atomic mass is 10.0. The molecule has 0 heterocycles. The van der Waals surface area contributed by atoms with Gasteiger partial charge in [-0.05, 0) is 122 Å². The SMILES string of the molecule is CC/C=C\C/C=C\C/C=C\C/C=C\C/C=C\C/C=C\CCCCC(=O)OC(/C=C/CCCCCCCCCCC)C(COP(=O)(O)OCC[N+](C)(C)C)NC(=O)CCCCCCCCCCCC/C=C\C/C=C\C/C=C\CCCCC. The first-order valence-electron chi connectivity index (χ1n) is 32.9. The van der Waals surface area contributed by atoms with Gasteiger partial charge in [0.15, 0.2) is 0 Å². The molecule has 0 rings (SSSR count). The minimum atomic E-state index is -4.47. The van der Waals surface area contributed by atoms with Crippen molar-refractivity contribution in [3.63, 3.8) is 0 Å². The third kappa shape index (κ3) is 60.8. The van der Waals surface area contributed by atoms with Crippen LogP contribution in [-0.2, 0) is 27.9 Å². The summed E-state index contributed by atoms with van der Waals surface area (Å²) in [5.74, 6) is -0.566. The van der Waals surface area contributed by atoms with Crippen molar-refractivity contribution < 1.29 is 37.3 Å². The van der Waals surface area contributed by atoms with Crippen LogP contribution < -0.4 is 5.32 Å². The van der Waals surface area contributed by atoms with Crippen LogP contribution in [0.25, 0.3) is 0 Å². The molecule has 9 nitrogen and oxygen atoms in total. The quantitative estimate of drug-likeness (QED) is 0.0205. The van der Waals surface area contributed by atoms with Crippen molar-refractivity contribution in [1.82, 2.24) is 5.32 Å². The Kier molecular flexibility index (Phi) is 56.9. The van der Waals surface area contributed by atoms with Gasteiger partial charge in [-0.25, -0.2) is 4.57 Å². The highest BCUT2D eigenvalue weighted by atomic mass is 31.2. The molecule has 2 N–H and O–H groups in total. The van der Waals surface area contributed by atoms with E-state index in [1.807, 2.05) is 33.3 Å². The van der Waals surface area contributed by atoms with Crippen LogP contribution in [0.4, 0.5) is 0 Å². The van der Waals surface area contributed by atoms with E-state index >= 15 is 0 Å². The molecule has 81 heavy (non-hydrogen) atoms. The fourth-order valence-corrected chi connectivity index (χ4v) is 9.57. The molecule has 0 aliphatic carbocycles. The summed E-state index contributed by atoms with van der Waals surface area (Å²) in [4.78, 5) is 37.8. The molecular weight excluding hydrogens is 1020 g/mol. The lowest BCUT2D eigenvalue weighted by molar-refractivity contribution is -0.870. The highest BCUT2D eigenvalue weighted by Crippen LogP contribution is 2.43. The zero-order valence-electron chi connectivity index (χ0n) is 53.0. The van der Waals surface area contributed by atoms with Gasteiger partial charge in [0.05, 0.1) is 33.8 Å². The molecule has 3 unspecified atom stereocenters. The van der Waals surface area contributed by atoms with Crippen molar-refractivity contribution in [1.29, 1.82) is 0 Å². The Bertz CT molecular complexity index is 1800. The number of allylic oxidation sites excluding steroid dienone is 19. The highest BCUT2D eigenvalue weighted by molar-refractivity contribution is 7.47. The average Bonchev–Trinajstić information content (AvgIpc) is 3.43. The molecule has 464 valence electrons. The molecule has 0 bridgehead atoms. The summed E-state index contributed by atoms with van der Waals surface area (Å²) in [5, 5.41) is 3.05. The Morgan fingerprint density at radius 3 is 1.22 bits per heavy atom. The van der Waals surface area contributed by atoms with Gasteiger partial charge in [0.1, 0.15) is 19.3 Å². The first-order valence-corrected chi connectivity index (χ1v) is 34.4. The molecule has 0 radical (unpaired) electrons. The van der Waals surface area contributed by atoms with Gasteiger partial charge < -0.3 is 19.4 Å². The number of nitrogens with zero attached hydrogens (tertiary/aromatic N) is 1. The van der Waals surface area contributed by atoms with E-state index in [1.54, 1.807) is 0 Å². The first-order chi connectivity index (χ1) is 39.4. The Labute approximate surface area is 499 Å². The molecule has 0 saturated heterocycles. The zero-order valence-corrected chi connectivity index (χ0v) is 53.9. The Hall–Kier alpha value is -3.59. The molecule has 0 aromatic rings. The van der Waals surface area contributed by atoms with Crippen LogP contribution in [0.3, 0.4) is 0 Å². The second kappa shape index (κ2) is 59.6. The number of carbonyl (C=O) groups is 2. The zero-order chi connectivity index (χ0) is 59.3. The van der Waals surface area contributed by atoms with E-state index in [2.05, 4.69) is 135 Å². The average molecular weight is 1150 g/mol. The van der Waals surface area contributed by atoms with Crippen LogP contribution in [0.1, 0.15) is 265 Å². The maximum absolute atomic E-state index is 13.6. The van der Waals surface area contributed by atoms with E-state index in [0.29, 0.717) is 23.9 Å². The second-order valence-corrected chi connectivity index (χ2v) is 24.4. The van der Waals surface area contributed by atoms with Gasteiger partial charge in [-0.3, -0.25) is 18.6 Å². The fourth-order valence-electron chi connectivity index (χ4n) is 8.83. The lowest BCUT2D eigenvalue weighted by Gasteiger charge is -2.27. The molecule has 3 atom stereocenters. The minimum Gasteiger partial charge on any atom is -0.456 e. The van der Waals surface area contributed by atoms with Crippen LogP contribution in [0, 0.1) is 0 Å². The van der Waals surface area contributed by atoms with E-state index < -0.39 is 20.0 Å². The van der Waals surface area contributed by atoms with E-state index in [4.69, 9.17) is 13.8 Å². The molecule has 1 amide bonds. The maximum Gasteiger partial charge on any atom is 0.472 e. The monoisotopic (exact) mass is 1150 g/mol. The largest absolute Gasteiger partial charge is 0.472 e. The van der Waals surface area contributed by atoms with Gasteiger partial charge in [0, 0.05) is 12.8 Å². The van der Waals surface area contributed by atoms with E-state index in [1.165, 1.54) is 109 Å². The summed E-state index contributed by atoms with van der Waals surface area (Å²) in [7, 11) is 1.45. The number of unbranched alkanes of at least 4 members (excludes halogenated alkanes) is 24. The van der Waals surface area contributed by atoms with Crippen LogP contribution in [0.2, 0.25) is 0 Å². The van der Waals surface area contributed by atoms with Gasteiger partial charge in [-0.1, -0.05) is 252 Å². The molecule has 0 aromatic carbocycles. The summed E-state index contributed by atoms with van der Waals surface area (Å²) in [6, 6.07) is -0.877. The standard InChI is InChI=1S/C71H123N2O7P/c1-7-10-13-16-19-22-25-27-29-31-33-35-36-38-39-41-43-45-48-51-54-57-60-63-70(74)72-68(67-79-81(76,77)78-66-65-73(4,5)6)69(62-59-56-53-50-47-24-21-18-15-12-9-3)80-71(75)64-61-58-55-52-49-46-44-42-40-37-34-32-30-28-26-23-20-17-14-11-8-2/h11,14,19-20,22-23,27-30,33-35,37,42,44,49,52,59,62,68-69H,7-10,12-13,15-18,21,24-26,31-32,36,38-41,43,45-48,50-51,53-58,60-61,63-67H2,1-6H3,(H-,72,74,76,77)/p+1/b14-11-,22-19-,23-20-,29-27-,30-28-,35-33-,37-34-,44-42-,52-49-,62-59+. The predicted octanol–water partition coefficient (Wildman–Crippen LogP) is 20.7. The number of quaternary nitrogens is 1. The van der Waals surface area contributed by atoms with Crippen molar-refractivity contribution in [2.75, 3.05) is 40.9 Å². The topological polar surface area (TPSA) is 111 Å². The number of rotatable bonds is 58. The predicted molar refractivity (Wildman–Crippen MR) is 350 cm³/mol. The Morgan fingerprint density at radius 2 is 0.790 bits per heavy atom. The first kappa shape index (κ1) is 77.4. The van der Waals surface area contributed by atoms with Crippen LogP contribution in [0.15, 0.2) is 122 Å². The number of ether oxygens (including phenoxy) is 1. The van der Waals surface area contributed by atoms with Crippen molar-refractivity contribution in [2.24, 2.45) is 0 Å². The van der Waals surface area contributed by atoms with Gasteiger partial charge in [0.25, 0.3) is 0 Å². The number of esters is 1. The number of hydrogen-bond donors (Lipinski definition) is 2. The fraction of sp³-hybridized carbons (Fsp3) is 0.690. The number of nitrogens with one attached hydrogen (secondary N) is 1. The van der Waals surface area contributed by atoms with Crippen molar-refractivity contribution >= 4 is 19.7 Å². The smallest absolute Gasteiger partial charge is 0.456 e. The Morgan fingerprint density at radius 1 is 0.444 bits per heavy atom. The third-order valence-corrected chi connectivity index (χ3v) is 14.9. The van der Waals surface area contributed by atoms with Gasteiger partial charge in [-0.15, -0.1) is 0 Å². The lowest BCUT2D eigenvalue weighted by Crippen LogP contribution is -2.47. The number of phosphoric ester groups is 1. The van der Waals surface area contributed by atoms with Crippen molar-refractivity contribution in [2.45, 2.75) is 277 Å². The molecular formula is C71H124N2O7P+. The second-order valence-electron chi connectivity index (χ2n) is 22.9. The molecule has 0 spiro atoms. The van der Waals surface area contributed by atoms with Crippen LogP contribution in [-0.4, -0.2) is 74.3 Å². The number of amides is 1. The Balaban J connectivity index is 5.23. The van der Waals surface area contributed by atoms with Crippen LogP contribution >= 0.6 is 7.82 Å². The third-order valence-electron chi connectivity index (χ3n) is 13.9. The van der Waals surface area contributed by atoms with Crippen LogP contribution in [0.5, 0.6) is 0 Å². The number of phosphoric acid groups is 1. The normalized spacial score (nSPS) is 14.4. The highest BCUT2D eigenvalue weighted by Gasteiger charge is 2.30. The van der Waals surface area contributed by atoms with Gasteiger partial charge in [-0.2, -0.15) is 0 Å². The molecule has 0 aliphatic rings. The van der Waals surface area contributed by atoms with E-state index in [-0.39, 0.29) is 31.5 Å². The molecule has 10 heteroatoms. The maximum atomic E-state index is 13.6. The molecule has 0 saturated carbocycles. The summed E-state index contributed by atoms with van der Waals surface area (Å²) < 4.78 is 30.7. The van der Waals surface area contributed by atoms with Crippen molar-refractivity contribution in [3.05, 3.63) is 122 Å². The van der Waals surface area contributed by atoms with E-state index in [0.717, 1.165) is 116 Å². The molecule has 0 fully saturated rings. The summed E-state index contributed by atoms with van der Waals surface area (Å²) >= 11 is 0. The minimum absolute atomic E-state index is 0.0261. The summed E-state index contributed by atoms with van der Waals surface area (Å²) in [5.41, 5.74) is 0. The number of likely N-dealkylation sites (N-methyl/N-ethyl adjacent to an activating group) is 1. The van der Waals surface area contributed by atoms with Gasteiger partial charge in [0.2, 0.25) is 5.91 Å². The van der Waals surface area contributed by atoms with Gasteiger partial charge >= 0.3 is 13.8 Å². The summed E-state index contributed by atoms with van der Waals surface area (Å²) in [6.07, 6.45) is 83.5. The molecule has 0 aliphatic heterocycles. The number of hydrogen-bond acceptors (Lipinski definition) is 6. The molecule has 0 aromatic heterocycles. The summed E-state index contributed by atoms with van der Waals surface area (Å²) in [6.45, 7) is 6.83. The van der Waals surface area contributed by atoms with E-state index in [9.17, 15) is 19.0 Å². The van der Waals surface area contributed by atoms with Crippen molar-refractivity contribution in [3.8, 4) is 0 Å².